The van der Waals surface area contributed by atoms with Gasteiger partial charge >= 0.3 is 11.4 Å². The zero-order valence-electron chi connectivity index (χ0n) is 9.74. The number of nitrogens with one attached hydrogen (secondary N) is 2. The Labute approximate surface area is 106 Å². The lowest BCUT2D eigenvalue weighted by atomic mass is 10.1. The number of aromatic nitrogens is 3. The minimum atomic E-state index is -0.665. The molecule has 0 amide bonds. The van der Waals surface area contributed by atoms with Crippen molar-refractivity contribution in [2.75, 3.05) is 6.61 Å². The third kappa shape index (κ3) is 2.64. The molecule has 0 bridgehead atoms. The number of aromatic amines is 2. The summed E-state index contributed by atoms with van der Waals surface area (Å²) >= 11 is 0. The van der Waals surface area contributed by atoms with Gasteiger partial charge in [0.25, 0.3) is 0 Å². The Kier molecular flexibility index (Phi) is 3.63. The van der Waals surface area contributed by atoms with Crippen molar-refractivity contribution in [1.82, 2.24) is 14.8 Å². The van der Waals surface area contributed by atoms with E-state index in [1.165, 1.54) is 6.07 Å². The van der Waals surface area contributed by atoms with Gasteiger partial charge in [0, 0.05) is 6.42 Å². The fraction of sp³-hybridized carbons (Fsp3) is 0.167. The van der Waals surface area contributed by atoms with Crippen molar-refractivity contribution in [1.29, 1.82) is 0 Å². The van der Waals surface area contributed by atoms with Gasteiger partial charge in [0.1, 0.15) is 5.82 Å². The van der Waals surface area contributed by atoms with E-state index in [-0.39, 0.29) is 24.3 Å². The van der Waals surface area contributed by atoms with Crippen LogP contribution in [0.2, 0.25) is 0 Å². The number of rotatable bonds is 2. The van der Waals surface area contributed by atoms with E-state index in [4.69, 9.17) is 5.11 Å². The van der Waals surface area contributed by atoms with Crippen molar-refractivity contribution in [3.63, 3.8) is 0 Å². The maximum Gasteiger partial charge on any atom is 0.349 e. The van der Waals surface area contributed by atoms with Crippen LogP contribution in [-0.4, -0.2) is 26.5 Å². The Bertz CT molecular complexity index is 733. The van der Waals surface area contributed by atoms with Crippen LogP contribution in [0.5, 0.6) is 0 Å². The fourth-order valence-corrected chi connectivity index (χ4v) is 1.55. The molecule has 0 unspecified atom stereocenters. The Morgan fingerprint density at radius 3 is 2.58 bits per heavy atom. The summed E-state index contributed by atoms with van der Waals surface area (Å²) in [6.07, 6.45) is 0.217. The van der Waals surface area contributed by atoms with Gasteiger partial charge in [0.15, 0.2) is 0 Å². The van der Waals surface area contributed by atoms with E-state index in [2.05, 4.69) is 22.0 Å². The molecule has 0 aliphatic heterocycles. The van der Waals surface area contributed by atoms with Gasteiger partial charge in [-0.05, 0) is 18.2 Å². The molecule has 19 heavy (non-hydrogen) atoms. The summed E-state index contributed by atoms with van der Waals surface area (Å²) < 4.78 is 14.0. The highest BCUT2D eigenvalue weighted by molar-refractivity contribution is 5.51. The van der Waals surface area contributed by atoms with Crippen LogP contribution in [0.25, 0.3) is 5.69 Å². The summed E-state index contributed by atoms with van der Waals surface area (Å²) in [6, 6.07) is 3.55. The van der Waals surface area contributed by atoms with Crippen LogP contribution < -0.4 is 11.4 Å². The molecular formula is C12H10FN3O3. The monoisotopic (exact) mass is 263 g/mol. The second kappa shape index (κ2) is 5.37. The fourth-order valence-electron chi connectivity index (χ4n) is 1.55. The third-order valence-electron chi connectivity index (χ3n) is 2.34. The number of halogens is 1. The first-order valence-corrected chi connectivity index (χ1v) is 5.43. The van der Waals surface area contributed by atoms with Crippen LogP contribution in [0, 0.1) is 17.7 Å². The first-order valence-electron chi connectivity index (χ1n) is 5.43. The number of benzene rings is 1. The van der Waals surface area contributed by atoms with Gasteiger partial charge in [-0.3, -0.25) is 0 Å². The summed E-state index contributed by atoms with van der Waals surface area (Å²) in [7, 11) is 0. The first-order chi connectivity index (χ1) is 9.13. The SMILES string of the molecule is O=c1[nH][nH]c(=O)n1-c1ccc(F)cc1C#CCCO. The van der Waals surface area contributed by atoms with Crippen molar-refractivity contribution >= 4 is 0 Å². The van der Waals surface area contributed by atoms with Crippen molar-refractivity contribution in [3.8, 4) is 17.5 Å². The number of aliphatic hydroxyl groups is 1. The predicted molar refractivity (Wildman–Crippen MR) is 65.5 cm³/mol. The number of hydrogen-bond acceptors (Lipinski definition) is 3. The van der Waals surface area contributed by atoms with Gasteiger partial charge < -0.3 is 5.11 Å². The van der Waals surface area contributed by atoms with E-state index < -0.39 is 17.2 Å². The zero-order valence-corrected chi connectivity index (χ0v) is 9.74. The highest BCUT2D eigenvalue weighted by Crippen LogP contribution is 2.12. The van der Waals surface area contributed by atoms with Crippen LogP contribution in [-0.2, 0) is 0 Å². The molecule has 0 atom stereocenters. The summed E-state index contributed by atoms with van der Waals surface area (Å²) in [6.45, 7) is -0.123. The largest absolute Gasteiger partial charge is 0.395 e. The molecule has 6 nitrogen and oxygen atoms in total. The van der Waals surface area contributed by atoms with Crippen molar-refractivity contribution in [3.05, 3.63) is 50.5 Å². The number of hydrogen-bond donors (Lipinski definition) is 3. The topological polar surface area (TPSA) is 90.9 Å². The molecule has 1 heterocycles. The van der Waals surface area contributed by atoms with Gasteiger partial charge in [-0.1, -0.05) is 11.8 Å². The van der Waals surface area contributed by atoms with E-state index >= 15 is 0 Å². The molecular weight excluding hydrogens is 253 g/mol. The van der Waals surface area contributed by atoms with Crippen LogP contribution in [0.3, 0.4) is 0 Å². The summed E-state index contributed by atoms with van der Waals surface area (Å²) in [4.78, 5) is 23.0. The van der Waals surface area contributed by atoms with Gasteiger partial charge in [-0.15, -0.1) is 0 Å². The Balaban J connectivity index is 2.62. The minimum Gasteiger partial charge on any atom is -0.395 e. The Hall–Kier alpha value is -2.59. The molecule has 7 heteroatoms. The highest BCUT2D eigenvalue weighted by atomic mass is 19.1. The van der Waals surface area contributed by atoms with Crippen LogP contribution >= 0.6 is 0 Å². The normalized spacial score (nSPS) is 10.0. The third-order valence-corrected chi connectivity index (χ3v) is 2.34. The van der Waals surface area contributed by atoms with E-state index in [0.29, 0.717) is 0 Å². The molecule has 1 aromatic carbocycles. The Morgan fingerprint density at radius 1 is 1.26 bits per heavy atom. The lowest BCUT2D eigenvalue weighted by molar-refractivity contribution is 0.305. The smallest absolute Gasteiger partial charge is 0.349 e. The highest BCUT2D eigenvalue weighted by Gasteiger charge is 2.10. The van der Waals surface area contributed by atoms with Crippen LogP contribution in [0.1, 0.15) is 12.0 Å². The van der Waals surface area contributed by atoms with Crippen LogP contribution in [0.15, 0.2) is 27.8 Å². The quantitative estimate of drug-likeness (QED) is 0.651. The molecule has 1 aromatic heterocycles. The number of H-pyrrole nitrogens is 2. The molecule has 2 rings (SSSR count). The molecule has 0 saturated heterocycles. The molecule has 0 fully saturated rings. The minimum absolute atomic E-state index is 0.123. The van der Waals surface area contributed by atoms with Gasteiger partial charge in [-0.25, -0.2) is 28.7 Å². The lowest BCUT2D eigenvalue weighted by Gasteiger charge is -2.03. The van der Waals surface area contributed by atoms with E-state index in [9.17, 15) is 14.0 Å². The molecule has 0 aliphatic carbocycles. The summed E-state index contributed by atoms with van der Waals surface area (Å²) in [5, 5.41) is 12.9. The molecule has 0 saturated carbocycles. The first kappa shape index (κ1) is 12.9. The van der Waals surface area contributed by atoms with Gasteiger partial charge in [0.05, 0.1) is 17.9 Å². The van der Waals surface area contributed by atoms with Crippen molar-refractivity contribution < 1.29 is 9.50 Å². The number of nitrogens with zero attached hydrogens (tertiary/aromatic N) is 1. The maximum absolute atomic E-state index is 13.2. The molecule has 98 valence electrons. The van der Waals surface area contributed by atoms with Crippen molar-refractivity contribution in [2.24, 2.45) is 0 Å². The molecule has 2 aromatic rings. The van der Waals surface area contributed by atoms with E-state index in [1.807, 2.05) is 0 Å². The summed E-state index contributed by atoms with van der Waals surface area (Å²) in [5.41, 5.74) is -0.955. The molecule has 3 N–H and O–H groups in total. The summed E-state index contributed by atoms with van der Waals surface area (Å²) in [5.74, 6) is 4.71. The second-order valence-electron chi connectivity index (χ2n) is 3.63. The molecule has 0 radical (unpaired) electrons. The zero-order chi connectivity index (χ0) is 13.8. The second-order valence-corrected chi connectivity index (χ2v) is 3.63. The van der Waals surface area contributed by atoms with Gasteiger partial charge in [-0.2, -0.15) is 0 Å². The van der Waals surface area contributed by atoms with E-state index in [0.717, 1.165) is 16.7 Å². The van der Waals surface area contributed by atoms with Crippen LogP contribution in [0.4, 0.5) is 4.39 Å². The lowest BCUT2D eigenvalue weighted by Crippen LogP contribution is -2.25. The standard InChI is InChI=1S/C12H10FN3O3/c13-9-4-5-10(8(7-9)3-1-2-6-17)16-11(18)14-15-12(16)19/h4-5,7,17H,2,6H2,(H,14,18)(H,15,19). The van der Waals surface area contributed by atoms with E-state index in [1.54, 1.807) is 0 Å². The average Bonchev–Trinajstić information content (AvgIpc) is 2.70. The number of aliphatic hydroxyl groups excluding tert-OH is 1. The van der Waals surface area contributed by atoms with Crippen molar-refractivity contribution in [2.45, 2.75) is 6.42 Å². The Morgan fingerprint density at radius 2 is 1.95 bits per heavy atom. The van der Waals surface area contributed by atoms with Gasteiger partial charge in [0.2, 0.25) is 0 Å². The maximum atomic E-state index is 13.2. The molecule has 0 spiro atoms. The predicted octanol–water partition coefficient (Wildman–Crippen LogP) is -0.273. The average molecular weight is 263 g/mol. The molecule has 0 aliphatic rings.